The van der Waals surface area contributed by atoms with Crippen LogP contribution in [0, 0.1) is 0 Å². The fraction of sp³-hybridized carbons (Fsp3) is 0.417. The molecule has 0 spiro atoms. The van der Waals surface area contributed by atoms with Gasteiger partial charge in [0.25, 0.3) is 0 Å². The lowest BCUT2D eigenvalue weighted by Crippen LogP contribution is -2.31. The molecule has 1 saturated heterocycles. The predicted molar refractivity (Wildman–Crippen MR) is 59.8 cm³/mol. The van der Waals surface area contributed by atoms with Crippen LogP contribution in [0.2, 0.25) is 0 Å². The van der Waals surface area contributed by atoms with Crippen LogP contribution >= 0.6 is 0 Å². The molecule has 1 aromatic rings. The Hall–Kier alpha value is -1.52. The average molecular weight is 242 g/mol. The third kappa shape index (κ3) is 2.78. The summed E-state index contributed by atoms with van der Waals surface area (Å²) >= 11 is 0. The summed E-state index contributed by atoms with van der Waals surface area (Å²) in [5.41, 5.74) is 0.500. The Morgan fingerprint density at radius 3 is 2.47 bits per heavy atom. The third-order valence-corrected chi connectivity index (χ3v) is 2.87. The predicted octanol–water partition coefficient (Wildman–Crippen LogP) is 3.26. The van der Waals surface area contributed by atoms with Gasteiger partial charge in [0.05, 0.1) is 5.56 Å². The molecule has 0 unspecified atom stereocenters. The number of aromatic nitrogens is 1. The first kappa shape index (κ1) is 12.0. The van der Waals surface area contributed by atoms with Gasteiger partial charge in [-0.2, -0.15) is 13.2 Å². The molecular weight excluding hydrogens is 229 g/mol. The average Bonchev–Trinajstić information content (AvgIpc) is 2.29. The molecule has 17 heavy (non-hydrogen) atoms. The Bertz CT molecular complexity index is 416. The Morgan fingerprint density at radius 2 is 1.88 bits per heavy atom. The molecule has 0 N–H and O–H groups in total. The molecule has 1 aliphatic rings. The zero-order valence-corrected chi connectivity index (χ0v) is 9.30. The molecular formula is C12H13F3N2. The van der Waals surface area contributed by atoms with E-state index in [1.807, 2.05) is 4.90 Å². The molecule has 2 rings (SSSR count). The quantitative estimate of drug-likeness (QED) is 0.703. The van der Waals surface area contributed by atoms with E-state index in [0.29, 0.717) is 18.9 Å². The maximum Gasteiger partial charge on any atom is 0.416 e. The van der Waals surface area contributed by atoms with Crippen molar-refractivity contribution in [1.82, 2.24) is 4.98 Å². The highest BCUT2D eigenvalue weighted by molar-refractivity contribution is 5.43. The second kappa shape index (κ2) is 4.39. The van der Waals surface area contributed by atoms with Gasteiger partial charge in [-0.05, 0) is 25.0 Å². The largest absolute Gasteiger partial charge is 0.416 e. The fourth-order valence-corrected chi connectivity index (χ4v) is 1.82. The molecule has 0 aliphatic carbocycles. The van der Waals surface area contributed by atoms with Crippen LogP contribution in [0.25, 0.3) is 0 Å². The number of anilines is 1. The Morgan fingerprint density at radius 1 is 1.24 bits per heavy atom. The lowest BCUT2D eigenvalue weighted by molar-refractivity contribution is -0.137. The van der Waals surface area contributed by atoms with Crippen LogP contribution < -0.4 is 4.90 Å². The van der Waals surface area contributed by atoms with Gasteiger partial charge in [-0.3, -0.25) is 0 Å². The molecule has 0 amide bonds. The maximum atomic E-state index is 12.5. The first-order valence-corrected chi connectivity index (χ1v) is 5.41. The van der Waals surface area contributed by atoms with Crippen LogP contribution in [0.4, 0.5) is 19.0 Å². The van der Waals surface area contributed by atoms with Crippen molar-refractivity contribution in [1.29, 1.82) is 0 Å². The molecule has 0 radical (unpaired) electrons. The smallest absolute Gasteiger partial charge is 0.356 e. The van der Waals surface area contributed by atoms with Crippen molar-refractivity contribution in [2.24, 2.45) is 0 Å². The summed E-state index contributed by atoms with van der Waals surface area (Å²) in [5, 5.41) is 0. The summed E-state index contributed by atoms with van der Waals surface area (Å²) in [5.74, 6) is 0.396. The molecule has 0 bridgehead atoms. The van der Waals surface area contributed by atoms with Crippen molar-refractivity contribution in [3.8, 4) is 0 Å². The normalized spacial score (nSPS) is 17.4. The highest BCUT2D eigenvalue weighted by atomic mass is 19.4. The zero-order chi connectivity index (χ0) is 12.5. The second-order valence-electron chi connectivity index (χ2n) is 4.14. The number of piperidine rings is 1. The van der Waals surface area contributed by atoms with Crippen LogP contribution in [-0.4, -0.2) is 18.1 Å². The van der Waals surface area contributed by atoms with E-state index in [0.717, 1.165) is 30.5 Å². The van der Waals surface area contributed by atoms with E-state index in [1.54, 1.807) is 0 Å². The maximum absolute atomic E-state index is 12.5. The number of rotatable bonds is 1. The molecule has 1 fully saturated rings. The standard InChI is InChI=1S/C12H13F3N2/c1-9-3-6-17(7-4-9)11-8-10(2-5-16-11)12(13,14)15/h2,5,8H,1,3-4,6-7H2. The van der Waals surface area contributed by atoms with E-state index in [1.165, 1.54) is 6.20 Å². The topological polar surface area (TPSA) is 16.1 Å². The molecule has 92 valence electrons. The number of hydrogen-bond donors (Lipinski definition) is 0. The molecule has 5 heteroatoms. The molecule has 2 nitrogen and oxygen atoms in total. The fourth-order valence-electron chi connectivity index (χ4n) is 1.82. The first-order chi connectivity index (χ1) is 7.97. The zero-order valence-electron chi connectivity index (χ0n) is 9.30. The Labute approximate surface area is 97.8 Å². The van der Waals surface area contributed by atoms with Crippen molar-refractivity contribution >= 4 is 5.82 Å². The summed E-state index contributed by atoms with van der Waals surface area (Å²) in [4.78, 5) is 5.86. The Kier molecular flexibility index (Phi) is 3.09. The first-order valence-electron chi connectivity index (χ1n) is 5.41. The summed E-state index contributed by atoms with van der Waals surface area (Å²) in [6.45, 7) is 5.25. The molecule has 0 saturated carbocycles. The van der Waals surface area contributed by atoms with Crippen molar-refractivity contribution in [3.05, 3.63) is 36.0 Å². The number of hydrogen-bond acceptors (Lipinski definition) is 2. The van der Waals surface area contributed by atoms with Crippen molar-refractivity contribution in [3.63, 3.8) is 0 Å². The van der Waals surface area contributed by atoms with E-state index >= 15 is 0 Å². The van der Waals surface area contributed by atoms with E-state index < -0.39 is 11.7 Å². The highest BCUT2D eigenvalue weighted by Gasteiger charge is 2.31. The summed E-state index contributed by atoms with van der Waals surface area (Å²) in [7, 11) is 0. The minimum atomic E-state index is -4.31. The summed E-state index contributed by atoms with van der Waals surface area (Å²) in [6.07, 6.45) is -1.46. The van der Waals surface area contributed by atoms with Crippen molar-refractivity contribution in [2.75, 3.05) is 18.0 Å². The van der Waals surface area contributed by atoms with Gasteiger partial charge >= 0.3 is 6.18 Å². The van der Waals surface area contributed by atoms with Gasteiger partial charge in [-0.15, -0.1) is 0 Å². The lowest BCUT2D eigenvalue weighted by Gasteiger charge is -2.29. The number of alkyl halides is 3. The van der Waals surface area contributed by atoms with Gasteiger partial charge in [0.2, 0.25) is 0 Å². The molecule has 0 atom stereocenters. The second-order valence-corrected chi connectivity index (χ2v) is 4.14. The number of nitrogens with zero attached hydrogens (tertiary/aromatic N) is 2. The van der Waals surface area contributed by atoms with Gasteiger partial charge in [-0.25, -0.2) is 4.98 Å². The van der Waals surface area contributed by atoms with Gasteiger partial charge in [0.1, 0.15) is 5.82 Å². The van der Waals surface area contributed by atoms with Crippen molar-refractivity contribution in [2.45, 2.75) is 19.0 Å². The monoisotopic (exact) mass is 242 g/mol. The van der Waals surface area contributed by atoms with Crippen LogP contribution in [0.15, 0.2) is 30.5 Å². The lowest BCUT2D eigenvalue weighted by atomic mass is 10.1. The van der Waals surface area contributed by atoms with Gasteiger partial charge < -0.3 is 4.90 Å². The van der Waals surface area contributed by atoms with Crippen LogP contribution in [0.1, 0.15) is 18.4 Å². The van der Waals surface area contributed by atoms with E-state index in [-0.39, 0.29) is 0 Å². The summed E-state index contributed by atoms with van der Waals surface area (Å²) < 4.78 is 37.6. The highest BCUT2D eigenvalue weighted by Crippen LogP contribution is 2.31. The van der Waals surface area contributed by atoms with Crippen LogP contribution in [0.5, 0.6) is 0 Å². The Balaban J connectivity index is 2.19. The van der Waals surface area contributed by atoms with Gasteiger partial charge in [0, 0.05) is 19.3 Å². The van der Waals surface area contributed by atoms with E-state index in [2.05, 4.69) is 11.6 Å². The van der Waals surface area contributed by atoms with Crippen LogP contribution in [0.3, 0.4) is 0 Å². The molecule has 0 aromatic carbocycles. The van der Waals surface area contributed by atoms with E-state index in [9.17, 15) is 13.2 Å². The van der Waals surface area contributed by atoms with Gasteiger partial charge in [-0.1, -0.05) is 12.2 Å². The number of pyridine rings is 1. The SMILES string of the molecule is C=C1CCN(c2cc(C(F)(F)F)ccn2)CC1. The molecule has 1 aromatic heterocycles. The van der Waals surface area contributed by atoms with Crippen LogP contribution in [-0.2, 0) is 6.18 Å². The number of halogens is 3. The minimum Gasteiger partial charge on any atom is -0.356 e. The van der Waals surface area contributed by atoms with Gasteiger partial charge in [0.15, 0.2) is 0 Å². The van der Waals surface area contributed by atoms with Crippen molar-refractivity contribution < 1.29 is 13.2 Å². The molecule has 2 heterocycles. The summed E-state index contributed by atoms with van der Waals surface area (Å²) in [6, 6.07) is 2.10. The third-order valence-electron chi connectivity index (χ3n) is 2.87. The molecule has 1 aliphatic heterocycles. The minimum absolute atomic E-state index is 0.396. The van der Waals surface area contributed by atoms with E-state index in [4.69, 9.17) is 0 Å².